The topological polar surface area (TPSA) is 28.7 Å². The molecule has 3 rings (SSSR count). The summed E-state index contributed by atoms with van der Waals surface area (Å²) < 4.78 is 15.1. The Morgan fingerprint density at radius 2 is 1.89 bits per heavy atom. The van der Waals surface area contributed by atoms with Crippen LogP contribution in [0.5, 0.6) is 0 Å². The van der Waals surface area contributed by atoms with Crippen LogP contribution in [0, 0.1) is 17.1 Å². The van der Waals surface area contributed by atoms with Crippen LogP contribution in [0.2, 0.25) is 0 Å². The van der Waals surface area contributed by atoms with Gasteiger partial charge in [0.15, 0.2) is 0 Å². The van der Waals surface area contributed by atoms with E-state index in [1.54, 1.807) is 12.1 Å². The highest BCUT2D eigenvalue weighted by Gasteiger charge is 2.07. The van der Waals surface area contributed by atoms with Crippen LogP contribution in [-0.4, -0.2) is 4.57 Å². The quantitative estimate of drug-likeness (QED) is 0.634. The summed E-state index contributed by atoms with van der Waals surface area (Å²) in [5.41, 5.74) is 2.09. The van der Waals surface area contributed by atoms with Crippen molar-refractivity contribution in [3.8, 4) is 11.8 Å². The van der Waals surface area contributed by atoms with Gasteiger partial charge >= 0.3 is 0 Å². The van der Waals surface area contributed by atoms with E-state index in [4.69, 9.17) is 5.26 Å². The molecule has 0 aliphatic carbocycles. The second kappa shape index (κ2) is 4.01. The van der Waals surface area contributed by atoms with E-state index in [0.29, 0.717) is 5.56 Å². The van der Waals surface area contributed by atoms with Crippen molar-refractivity contribution in [2.24, 2.45) is 0 Å². The largest absolute Gasteiger partial charge is 0.315 e. The first-order chi connectivity index (χ1) is 8.79. The van der Waals surface area contributed by atoms with Crippen LogP contribution in [0.25, 0.3) is 16.6 Å². The van der Waals surface area contributed by atoms with Gasteiger partial charge in [0.05, 0.1) is 16.8 Å². The number of hydrogen-bond acceptors (Lipinski definition) is 1. The average Bonchev–Trinajstić information content (AvgIpc) is 2.81. The van der Waals surface area contributed by atoms with E-state index in [-0.39, 0.29) is 5.82 Å². The number of nitriles is 1. The van der Waals surface area contributed by atoms with Crippen LogP contribution >= 0.6 is 0 Å². The molecule has 18 heavy (non-hydrogen) atoms. The van der Waals surface area contributed by atoms with Crippen LogP contribution < -0.4 is 0 Å². The molecule has 1 aromatic heterocycles. The summed E-state index contributed by atoms with van der Waals surface area (Å²) in [6.45, 7) is 0. The van der Waals surface area contributed by atoms with E-state index < -0.39 is 0 Å². The molecule has 0 aliphatic rings. The molecule has 1 heterocycles. The van der Waals surface area contributed by atoms with Crippen molar-refractivity contribution in [3.63, 3.8) is 0 Å². The van der Waals surface area contributed by atoms with Gasteiger partial charge in [-0.2, -0.15) is 5.26 Å². The SMILES string of the molecule is N#Cc1ccccc1-n1ccc2ccc(F)cc21. The van der Waals surface area contributed by atoms with E-state index in [9.17, 15) is 4.39 Å². The van der Waals surface area contributed by atoms with Crippen molar-refractivity contribution < 1.29 is 4.39 Å². The van der Waals surface area contributed by atoms with E-state index >= 15 is 0 Å². The van der Waals surface area contributed by atoms with Gasteiger partial charge in [0.25, 0.3) is 0 Å². The molecule has 0 atom stereocenters. The monoisotopic (exact) mass is 236 g/mol. The first-order valence-electron chi connectivity index (χ1n) is 5.56. The van der Waals surface area contributed by atoms with Crippen molar-refractivity contribution in [3.05, 3.63) is 66.1 Å². The zero-order chi connectivity index (χ0) is 12.5. The molecule has 0 amide bonds. The lowest BCUT2D eigenvalue weighted by atomic mass is 10.2. The zero-order valence-electron chi connectivity index (χ0n) is 9.47. The lowest BCUT2D eigenvalue weighted by Gasteiger charge is -2.07. The minimum absolute atomic E-state index is 0.281. The van der Waals surface area contributed by atoms with Gasteiger partial charge in [0.2, 0.25) is 0 Å². The van der Waals surface area contributed by atoms with Gasteiger partial charge in [-0.05, 0) is 36.4 Å². The third kappa shape index (κ3) is 1.56. The summed E-state index contributed by atoms with van der Waals surface area (Å²) in [6.07, 6.45) is 1.85. The van der Waals surface area contributed by atoms with Crippen molar-refractivity contribution in [2.45, 2.75) is 0 Å². The molecule has 0 bridgehead atoms. The summed E-state index contributed by atoms with van der Waals surface area (Å²) in [7, 11) is 0. The van der Waals surface area contributed by atoms with Crippen molar-refractivity contribution in [1.82, 2.24) is 4.57 Å². The summed E-state index contributed by atoms with van der Waals surface area (Å²) >= 11 is 0. The maximum absolute atomic E-state index is 13.3. The minimum Gasteiger partial charge on any atom is -0.315 e. The van der Waals surface area contributed by atoms with Crippen LogP contribution in [-0.2, 0) is 0 Å². The molecular weight excluding hydrogens is 227 g/mol. The molecule has 0 radical (unpaired) electrons. The first-order valence-corrected chi connectivity index (χ1v) is 5.56. The van der Waals surface area contributed by atoms with Gasteiger partial charge in [-0.1, -0.05) is 12.1 Å². The van der Waals surface area contributed by atoms with E-state index in [0.717, 1.165) is 16.6 Å². The molecule has 0 aliphatic heterocycles. The van der Waals surface area contributed by atoms with Gasteiger partial charge < -0.3 is 4.57 Å². The van der Waals surface area contributed by atoms with E-state index in [1.165, 1.54) is 12.1 Å². The number of fused-ring (bicyclic) bond motifs is 1. The van der Waals surface area contributed by atoms with Crippen molar-refractivity contribution in [2.75, 3.05) is 0 Å². The summed E-state index contributed by atoms with van der Waals surface area (Å²) in [5.74, 6) is -0.281. The molecule has 0 N–H and O–H groups in total. The molecule has 3 aromatic rings. The Hall–Kier alpha value is -2.60. The number of benzene rings is 2. The molecule has 0 saturated carbocycles. The molecular formula is C15H9FN2. The number of aromatic nitrogens is 1. The predicted molar refractivity (Wildman–Crippen MR) is 67.9 cm³/mol. The highest BCUT2D eigenvalue weighted by molar-refractivity contribution is 5.82. The molecule has 2 nitrogen and oxygen atoms in total. The third-order valence-corrected chi connectivity index (χ3v) is 2.94. The Morgan fingerprint density at radius 3 is 2.72 bits per heavy atom. The van der Waals surface area contributed by atoms with Gasteiger partial charge in [-0.25, -0.2) is 4.39 Å². The number of halogens is 1. The molecule has 0 unspecified atom stereocenters. The summed E-state index contributed by atoms with van der Waals surface area (Å²) in [5, 5.41) is 10.1. The fourth-order valence-electron chi connectivity index (χ4n) is 2.09. The van der Waals surface area contributed by atoms with Crippen LogP contribution in [0.4, 0.5) is 4.39 Å². The standard InChI is InChI=1S/C15H9FN2/c16-13-6-5-11-7-8-18(15(11)9-13)14-4-2-1-3-12(14)10-17/h1-9H. The number of rotatable bonds is 1. The first kappa shape index (κ1) is 10.5. The predicted octanol–water partition coefficient (Wildman–Crippen LogP) is 3.64. The Labute approximate surface area is 104 Å². The summed E-state index contributed by atoms with van der Waals surface area (Å²) in [4.78, 5) is 0. The average molecular weight is 236 g/mol. The smallest absolute Gasteiger partial charge is 0.125 e. The minimum atomic E-state index is -0.281. The number of hydrogen-bond donors (Lipinski definition) is 0. The third-order valence-electron chi connectivity index (χ3n) is 2.94. The molecule has 2 aromatic carbocycles. The maximum atomic E-state index is 13.3. The van der Waals surface area contributed by atoms with Gasteiger partial charge in [-0.15, -0.1) is 0 Å². The lowest BCUT2D eigenvalue weighted by Crippen LogP contribution is -1.95. The highest BCUT2D eigenvalue weighted by atomic mass is 19.1. The normalized spacial score (nSPS) is 10.4. The molecule has 0 spiro atoms. The molecule has 3 heteroatoms. The Kier molecular flexibility index (Phi) is 2.35. The highest BCUT2D eigenvalue weighted by Crippen LogP contribution is 2.23. The van der Waals surface area contributed by atoms with Crippen LogP contribution in [0.15, 0.2) is 54.7 Å². The second-order valence-corrected chi connectivity index (χ2v) is 4.02. The van der Waals surface area contributed by atoms with Crippen molar-refractivity contribution in [1.29, 1.82) is 5.26 Å². The fraction of sp³-hybridized carbons (Fsp3) is 0. The number of para-hydroxylation sites is 1. The van der Waals surface area contributed by atoms with Crippen LogP contribution in [0.1, 0.15) is 5.56 Å². The second-order valence-electron chi connectivity index (χ2n) is 4.02. The molecule has 0 saturated heterocycles. The van der Waals surface area contributed by atoms with Gasteiger partial charge in [-0.3, -0.25) is 0 Å². The fourth-order valence-corrected chi connectivity index (χ4v) is 2.09. The lowest BCUT2D eigenvalue weighted by molar-refractivity contribution is 0.629. The van der Waals surface area contributed by atoms with Gasteiger partial charge in [0.1, 0.15) is 11.9 Å². The van der Waals surface area contributed by atoms with Gasteiger partial charge in [0, 0.05) is 11.6 Å². The number of nitrogens with zero attached hydrogens (tertiary/aromatic N) is 2. The molecule has 0 fully saturated rings. The Balaban J connectivity index is 2.32. The Bertz CT molecular complexity index is 766. The zero-order valence-corrected chi connectivity index (χ0v) is 9.47. The van der Waals surface area contributed by atoms with Crippen LogP contribution in [0.3, 0.4) is 0 Å². The van der Waals surface area contributed by atoms with E-state index in [2.05, 4.69) is 6.07 Å². The molecule has 86 valence electrons. The van der Waals surface area contributed by atoms with Crippen molar-refractivity contribution >= 4 is 10.9 Å². The van der Waals surface area contributed by atoms with E-state index in [1.807, 2.05) is 35.0 Å². The Morgan fingerprint density at radius 1 is 1.06 bits per heavy atom. The maximum Gasteiger partial charge on any atom is 0.125 e. The summed E-state index contributed by atoms with van der Waals surface area (Å²) in [6, 6.07) is 16.0.